The van der Waals surface area contributed by atoms with Crippen molar-refractivity contribution in [3.63, 3.8) is 0 Å². The van der Waals surface area contributed by atoms with Gasteiger partial charge in [-0.25, -0.2) is 0 Å². The molecule has 0 radical (unpaired) electrons. The highest BCUT2D eigenvalue weighted by Gasteiger charge is 2.25. The zero-order valence-electron chi connectivity index (χ0n) is 8.95. The van der Waals surface area contributed by atoms with Crippen LogP contribution in [-0.4, -0.2) is 36.5 Å². The molecule has 0 aromatic heterocycles. The summed E-state index contributed by atoms with van der Waals surface area (Å²) < 4.78 is 0. The fourth-order valence-electron chi connectivity index (χ4n) is 1.68. The van der Waals surface area contributed by atoms with Gasteiger partial charge in [0.2, 0.25) is 5.91 Å². The molecule has 4 heteroatoms. The number of amides is 1. The monoisotopic (exact) mass is 230 g/mol. The minimum atomic E-state index is 0. The van der Waals surface area contributed by atoms with Crippen molar-refractivity contribution >= 4 is 18.3 Å². The molecule has 3 nitrogen and oxygen atoms in total. The second kappa shape index (κ2) is 7.49. The van der Waals surface area contributed by atoms with E-state index in [1.807, 2.05) is 0 Å². The Morgan fingerprint density at radius 3 is 2.40 bits per heavy atom. The van der Waals surface area contributed by atoms with Crippen LogP contribution in [0.2, 0.25) is 0 Å². The van der Waals surface area contributed by atoms with Gasteiger partial charge in [-0.15, -0.1) is 25.6 Å². The van der Waals surface area contributed by atoms with Crippen molar-refractivity contribution in [2.24, 2.45) is 0 Å². The molecule has 15 heavy (non-hydrogen) atoms. The Bertz CT molecular complexity index is 215. The first-order valence-electron chi connectivity index (χ1n) is 5.03. The maximum Gasteiger partial charge on any atom is 0.240 e. The summed E-state index contributed by atoms with van der Waals surface area (Å²) in [5.74, 6) is 0.169. The van der Waals surface area contributed by atoms with E-state index in [1.165, 1.54) is 0 Å². The second-order valence-corrected chi connectivity index (χ2v) is 3.47. The van der Waals surface area contributed by atoms with E-state index in [4.69, 9.17) is 0 Å². The SMILES string of the molecule is C=CCN(CC=C)C(=O)C1CCCN1.Cl. The predicted octanol–water partition coefficient (Wildman–Crippen LogP) is 1.36. The molecule has 1 aliphatic rings. The Labute approximate surface area is 97.6 Å². The summed E-state index contributed by atoms with van der Waals surface area (Å²) in [4.78, 5) is 13.7. The van der Waals surface area contributed by atoms with Crippen LogP contribution in [0.3, 0.4) is 0 Å². The lowest BCUT2D eigenvalue weighted by atomic mass is 10.2. The van der Waals surface area contributed by atoms with Gasteiger partial charge in [0, 0.05) is 13.1 Å². The summed E-state index contributed by atoms with van der Waals surface area (Å²) in [6.07, 6.45) is 5.53. The van der Waals surface area contributed by atoms with Crippen LogP contribution in [0.4, 0.5) is 0 Å². The quantitative estimate of drug-likeness (QED) is 0.724. The molecule has 1 N–H and O–H groups in total. The van der Waals surface area contributed by atoms with Crippen LogP contribution in [0.15, 0.2) is 25.3 Å². The van der Waals surface area contributed by atoms with Crippen LogP contribution in [-0.2, 0) is 4.79 Å². The van der Waals surface area contributed by atoms with Gasteiger partial charge in [-0.05, 0) is 19.4 Å². The molecule has 0 bridgehead atoms. The number of carbonyl (C=O) groups excluding carboxylic acids is 1. The molecule has 1 atom stereocenters. The van der Waals surface area contributed by atoms with E-state index in [0.717, 1.165) is 19.4 Å². The van der Waals surface area contributed by atoms with Gasteiger partial charge in [0.25, 0.3) is 0 Å². The number of carbonyl (C=O) groups is 1. The van der Waals surface area contributed by atoms with Crippen molar-refractivity contribution in [2.75, 3.05) is 19.6 Å². The number of hydrogen-bond acceptors (Lipinski definition) is 2. The highest BCUT2D eigenvalue weighted by molar-refractivity contribution is 5.85. The fourth-order valence-corrected chi connectivity index (χ4v) is 1.68. The van der Waals surface area contributed by atoms with Gasteiger partial charge in [-0.1, -0.05) is 12.2 Å². The van der Waals surface area contributed by atoms with E-state index in [0.29, 0.717) is 13.1 Å². The summed E-state index contributed by atoms with van der Waals surface area (Å²) in [6.45, 7) is 9.44. The van der Waals surface area contributed by atoms with Crippen molar-refractivity contribution in [3.05, 3.63) is 25.3 Å². The van der Waals surface area contributed by atoms with Crippen molar-refractivity contribution in [1.82, 2.24) is 10.2 Å². The van der Waals surface area contributed by atoms with Gasteiger partial charge >= 0.3 is 0 Å². The first kappa shape index (κ1) is 14.2. The van der Waals surface area contributed by atoms with Crippen LogP contribution in [0, 0.1) is 0 Å². The van der Waals surface area contributed by atoms with Gasteiger partial charge in [-0.2, -0.15) is 0 Å². The van der Waals surface area contributed by atoms with Gasteiger partial charge < -0.3 is 10.2 Å². The summed E-state index contributed by atoms with van der Waals surface area (Å²) in [5, 5.41) is 3.19. The molecule has 0 aliphatic carbocycles. The molecule has 0 aromatic rings. The lowest BCUT2D eigenvalue weighted by Crippen LogP contribution is -2.43. The molecule has 1 aliphatic heterocycles. The third-order valence-electron chi connectivity index (χ3n) is 2.37. The number of nitrogens with zero attached hydrogens (tertiary/aromatic N) is 1. The first-order chi connectivity index (χ1) is 6.79. The molecule has 1 rings (SSSR count). The molecule has 0 saturated carbocycles. The van der Waals surface area contributed by atoms with E-state index in [1.54, 1.807) is 17.1 Å². The largest absolute Gasteiger partial charge is 0.334 e. The summed E-state index contributed by atoms with van der Waals surface area (Å²) in [5.41, 5.74) is 0. The lowest BCUT2D eigenvalue weighted by molar-refractivity contribution is -0.132. The molecule has 1 unspecified atom stereocenters. The normalized spacial score (nSPS) is 19.1. The average molecular weight is 231 g/mol. The zero-order chi connectivity index (χ0) is 10.4. The minimum absolute atomic E-state index is 0. The summed E-state index contributed by atoms with van der Waals surface area (Å²) in [7, 11) is 0. The van der Waals surface area contributed by atoms with Crippen LogP contribution in [0.5, 0.6) is 0 Å². The Kier molecular flexibility index (Phi) is 7.09. The number of halogens is 1. The molecule has 1 fully saturated rings. The van der Waals surface area contributed by atoms with E-state index in [9.17, 15) is 4.79 Å². The third kappa shape index (κ3) is 4.06. The van der Waals surface area contributed by atoms with Crippen LogP contribution < -0.4 is 5.32 Å². The lowest BCUT2D eigenvalue weighted by Gasteiger charge is -2.22. The van der Waals surface area contributed by atoms with Gasteiger partial charge in [0.15, 0.2) is 0 Å². The number of nitrogens with one attached hydrogen (secondary N) is 1. The number of hydrogen-bond donors (Lipinski definition) is 1. The zero-order valence-corrected chi connectivity index (χ0v) is 9.76. The molecule has 1 saturated heterocycles. The highest BCUT2D eigenvalue weighted by Crippen LogP contribution is 2.08. The van der Waals surface area contributed by atoms with E-state index >= 15 is 0 Å². The van der Waals surface area contributed by atoms with Gasteiger partial charge in [0.05, 0.1) is 6.04 Å². The Morgan fingerprint density at radius 2 is 2.00 bits per heavy atom. The highest BCUT2D eigenvalue weighted by atomic mass is 35.5. The Morgan fingerprint density at radius 1 is 1.40 bits per heavy atom. The maximum absolute atomic E-state index is 11.9. The molecule has 1 amide bonds. The minimum Gasteiger partial charge on any atom is -0.334 e. The van der Waals surface area contributed by atoms with E-state index in [2.05, 4.69) is 18.5 Å². The third-order valence-corrected chi connectivity index (χ3v) is 2.37. The van der Waals surface area contributed by atoms with Gasteiger partial charge in [0.1, 0.15) is 0 Å². The molecule has 1 heterocycles. The van der Waals surface area contributed by atoms with E-state index in [-0.39, 0.29) is 24.4 Å². The molecule has 0 aromatic carbocycles. The molecule has 0 spiro atoms. The van der Waals surface area contributed by atoms with Crippen molar-refractivity contribution in [1.29, 1.82) is 0 Å². The second-order valence-electron chi connectivity index (χ2n) is 3.47. The Hall–Kier alpha value is -0.800. The van der Waals surface area contributed by atoms with Crippen LogP contribution in [0.1, 0.15) is 12.8 Å². The smallest absolute Gasteiger partial charge is 0.240 e. The van der Waals surface area contributed by atoms with Crippen molar-refractivity contribution in [2.45, 2.75) is 18.9 Å². The Balaban J connectivity index is 0.00000196. The van der Waals surface area contributed by atoms with Crippen molar-refractivity contribution < 1.29 is 4.79 Å². The first-order valence-corrected chi connectivity index (χ1v) is 5.03. The predicted molar refractivity (Wildman–Crippen MR) is 65.2 cm³/mol. The summed E-state index contributed by atoms with van der Waals surface area (Å²) in [6, 6.07) is 0.00917. The standard InChI is InChI=1S/C11H18N2O.ClH/c1-3-8-13(9-4-2)11(14)10-6-5-7-12-10;/h3-4,10,12H,1-2,5-9H2;1H. The maximum atomic E-state index is 11.9. The van der Waals surface area contributed by atoms with Crippen LogP contribution >= 0.6 is 12.4 Å². The van der Waals surface area contributed by atoms with Crippen LogP contribution in [0.25, 0.3) is 0 Å². The fraction of sp³-hybridized carbons (Fsp3) is 0.545. The summed E-state index contributed by atoms with van der Waals surface area (Å²) >= 11 is 0. The molecular formula is C11H19ClN2O. The molecule has 86 valence electrons. The van der Waals surface area contributed by atoms with Crippen molar-refractivity contribution in [3.8, 4) is 0 Å². The van der Waals surface area contributed by atoms with E-state index < -0.39 is 0 Å². The number of rotatable bonds is 5. The van der Waals surface area contributed by atoms with Gasteiger partial charge in [-0.3, -0.25) is 4.79 Å². The topological polar surface area (TPSA) is 32.3 Å². The molecular weight excluding hydrogens is 212 g/mol. The average Bonchev–Trinajstić information content (AvgIpc) is 2.69.